The molecule has 0 radical (unpaired) electrons. The van der Waals surface area contributed by atoms with E-state index < -0.39 is 5.82 Å². The fraction of sp³-hybridized carbons (Fsp3) is 0.462. The molecule has 0 heterocycles. The highest BCUT2D eigenvalue weighted by molar-refractivity contribution is 5.78. The van der Waals surface area contributed by atoms with Crippen molar-refractivity contribution < 1.29 is 13.9 Å². The Labute approximate surface area is 106 Å². The van der Waals surface area contributed by atoms with Gasteiger partial charge in [-0.25, -0.2) is 4.39 Å². The van der Waals surface area contributed by atoms with E-state index in [1.54, 1.807) is 18.0 Å². The molecule has 1 aromatic carbocycles. The van der Waals surface area contributed by atoms with Crippen LogP contribution in [-0.4, -0.2) is 30.5 Å². The van der Waals surface area contributed by atoms with E-state index >= 15 is 0 Å². The van der Waals surface area contributed by atoms with Crippen molar-refractivity contribution in [2.75, 3.05) is 13.7 Å². The number of hydrogen-bond acceptors (Lipinski definition) is 3. The van der Waals surface area contributed by atoms with Gasteiger partial charge in [-0.05, 0) is 30.5 Å². The van der Waals surface area contributed by atoms with Crippen LogP contribution < -0.4 is 10.5 Å². The molecule has 5 heteroatoms. The van der Waals surface area contributed by atoms with Gasteiger partial charge < -0.3 is 15.4 Å². The monoisotopic (exact) mass is 252 g/mol. The van der Waals surface area contributed by atoms with Gasteiger partial charge in [-0.3, -0.25) is 4.79 Å². The maximum Gasteiger partial charge on any atom is 0.260 e. The minimum Gasteiger partial charge on any atom is -0.481 e. The van der Waals surface area contributed by atoms with Crippen molar-refractivity contribution >= 4 is 5.91 Å². The van der Waals surface area contributed by atoms with Crippen molar-refractivity contribution in [2.24, 2.45) is 5.73 Å². The van der Waals surface area contributed by atoms with Gasteiger partial charge in [0.15, 0.2) is 18.2 Å². The van der Waals surface area contributed by atoms with E-state index in [9.17, 15) is 9.18 Å². The van der Waals surface area contributed by atoms with Crippen molar-refractivity contribution in [2.45, 2.75) is 25.4 Å². The zero-order valence-corrected chi connectivity index (χ0v) is 10.4. The summed E-state index contributed by atoms with van der Waals surface area (Å²) < 4.78 is 18.7. The third-order valence-corrected chi connectivity index (χ3v) is 3.07. The molecule has 0 aliphatic heterocycles. The first-order valence-electron chi connectivity index (χ1n) is 5.98. The summed E-state index contributed by atoms with van der Waals surface area (Å²) in [5, 5.41) is 0. The minimum atomic E-state index is -0.486. The maximum absolute atomic E-state index is 13.6. The summed E-state index contributed by atoms with van der Waals surface area (Å²) in [6.45, 7) is 0.145. The van der Waals surface area contributed by atoms with Crippen LogP contribution in [0.25, 0.3) is 0 Å². The molecule has 0 aromatic heterocycles. The van der Waals surface area contributed by atoms with Crippen LogP contribution in [-0.2, 0) is 11.3 Å². The quantitative estimate of drug-likeness (QED) is 0.859. The highest BCUT2D eigenvalue weighted by Gasteiger charge is 2.29. The SMILES string of the molecule is CN(C(=O)COc1ccc(CN)cc1F)C1CC1. The van der Waals surface area contributed by atoms with Gasteiger partial charge in [0.1, 0.15) is 0 Å². The number of nitrogens with two attached hydrogens (primary N) is 1. The molecule has 0 unspecified atom stereocenters. The Balaban J connectivity index is 1.91. The Hall–Kier alpha value is -1.62. The third-order valence-electron chi connectivity index (χ3n) is 3.07. The van der Waals surface area contributed by atoms with Crippen LogP contribution in [0.1, 0.15) is 18.4 Å². The molecule has 0 bridgehead atoms. The van der Waals surface area contributed by atoms with E-state index in [2.05, 4.69) is 0 Å². The lowest BCUT2D eigenvalue weighted by Gasteiger charge is -2.16. The number of likely N-dealkylation sites (N-methyl/N-ethyl adjacent to an activating group) is 1. The predicted octanol–water partition coefficient (Wildman–Crippen LogP) is 1.28. The molecule has 0 spiro atoms. The normalized spacial score (nSPS) is 14.4. The summed E-state index contributed by atoms with van der Waals surface area (Å²) in [6, 6.07) is 4.85. The molecule has 4 nitrogen and oxygen atoms in total. The van der Waals surface area contributed by atoms with Gasteiger partial charge in [0.2, 0.25) is 0 Å². The summed E-state index contributed by atoms with van der Waals surface area (Å²) in [6.07, 6.45) is 2.09. The molecule has 1 aliphatic carbocycles. The second kappa shape index (κ2) is 5.35. The van der Waals surface area contributed by atoms with E-state index in [0.717, 1.165) is 12.8 Å². The standard InChI is InChI=1S/C13H17FN2O2/c1-16(10-3-4-10)13(17)8-18-12-5-2-9(7-15)6-11(12)14/h2,5-6,10H,3-4,7-8,15H2,1H3. The predicted molar refractivity (Wildman–Crippen MR) is 65.6 cm³/mol. The van der Waals surface area contributed by atoms with E-state index in [-0.39, 0.29) is 24.8 Å². The van der Waals surface area contributed by atoms with E-state index in [4.69, 9.17) is 10.5 Å². The molecule has 0 saturated heterocycles. The van der Waals surface area contributed by atoms with Gasteiger partial charge >= 0.3 is 0 Å². The number of nitrogens with zero attached hydrogens (tertiary/aromatic N) is 1. The van der Waals surface area contributed by atoms with Crippen molar-refractivity contribution in [3.63, 3.8) is 0 Å². The van der Waals surface area contributed by atoms with Crippen LogP contribution in [0.3, 0.4) is 0 Å². The lowest BCUT2D eigenvalue weighted by Crippen LogP contribution is -2.33. The number of hydrogen-bond donors (Lipinski definition) is 1. The van der Waals surface area contributed by atoms with Crippen LogP contribution in [0.2, 0.25) is 0 Å². The molecular weight excluding hydrogens is 235 g/mol. The average molecular weight is 252 g/mol. The molecule has 2 rings (SSSR count). The Morgan fingerprint density at radius 2 is 2.28 bits per heavy atom. The molecule has 0 atom stereocenters. The number of carbonyl (C=O) groups excluding carboxylic acids is 1. The first-order valence-corrected chi connectivity index (χ1v) is 5.98. The molecule has 2 N–H and O–H groups in total. The van der Waals surface area contributed by atoms with Gasteiger partial charge in [0.25, 0.3) is 5.91 Å². The van der Waals surface area contributed by atoms with Gasteiger partial charge in [-0.2, -0.15) is 0 Å². The lowest BCUT2D eigenvalue weighted by molar-refractivity contribution is -0.132. The van der Waals surface area contributed by atoms with Crippen LogP contribution in [0.15, 0.2) is 18.2 Å². The highest BCUT2D eigenvalue weighted by Crippen LogP contribution is 2.25. The summed E-state index contributed by atoms with van der Waals surface area (Å²) in [5.74, 6) is -0.524. The number of ether oxygens (including phenoxy) is 1. The fourth-order valence-corrected chi connectivity index (χ4v) is 1.70. The first-order chi connectivity index (χ1) is 8.61. The Bertz CT molecular complexity index is 447. The lowest BCUT2D eigenvalue weighted by atomic mass is 10.2. The fourth-order valence-electron chi connectivity index (χ4n) is 1.70. The van der Waals surface area contributed by atoms with Crippen LogP contribution >= 0.6 is 0 Å². The Kier molecular flexibility index (Phi) is 3.81. The van der Waals surface area contributed by atoms with Crippen LogP contribution in [0.4, 0.5) is 4.39 Å². The molecular formula is C13H17FN2O2. The molecule has 1 saturated carbocycles. The summed E-state index contributed by atoms with van der Waals surface area (Å²) in [4.78, 5) is 13.3. The van der Waals surface area contributed by atoms with Crippen molar-refractivity contribution in [1.29, 1.82) is 0 Å². The van der Waals surface area contributed by atoms with Crippen LogP contribution in [0, 0.1) is 5.82 Å². The number of halogens is 1. The van der Waals surface area contributed by atoms with Gasteiger partial charge in [-0.1, -0.05) is 6.07 Å². The van der Waals surface area contributed by atoms with E-state index in [1.807, 2.05) is 0 Å². The third kappa shape index (κ3) is 2.98. The molecule has 1 aliphatic rings. The summed E-state index contributed by atoms with van der Waals surface area (Å²) >= 11 is 0. The van der Waals surface area contributed by atoms with Crippen molar-refractivity contribution in [1.82, 2.24) is 4.90 Å². The molecule has 98 valence electrons. The molecule has 1 fully saturated rings. The number of benzene rings is 1. The minimum absolute atomic E-state index is 0.0877. The van der Waals surface area contributed by atoms with Crippen molar-refractivity contribution in [3.05, 3.63) is 29.6 Å². The smallest absolute Gasteiger partial charge is 0.260 e. The maximum atomic E-state index is 13.6. The molecule has 1 amide bonds. The van der Waals surface area contributed by atoms with Gasteiger partial charge in [0.05, 0.1) is 0 Å². The second-order valence-corrected chi connectivity index (χ2v) is 4.49. The van der Waals surface area contributed by atoms with Gasteiger partial charge in [-0.15, -0.1) is 0 Å². The molecule has 1 aromatic rings. The van der Waals surface area contributed by atoms with Gasteiger partial charge in [0, 0.05) is 19.6 Å². The average Bonchev–Trinajstić information content (AvgIpc) is 3.20. The van der Waals surface area contributed by atoms with Crippen LogP contribution in [0.5, 0.6) is 5.75 Å². The number of rotatable bonds is 5. The second-order valence-electron chi connectivity index (χ2n) is 4.49. The highest BCUT2D eigenvalue weighted by atomic mass is 19.1. The topological polar surface area (TPSA) is 55.6 Å². The Morgan fingerprint density at radius 1 is 1.56 bits per heavy atom. The van der Waals surface area contributed by atoms with E-state index in [1.165, 1.54) is 12.1 Å². The summed E-state index contributed by atoms with van der Waals surface area (Å²) in [5.41, 5.74) is 6.10. The zero-order chi connectivity index (χ0) is 13.1. The number of amides is 1. The van der Waals surface area contributed by atoms with Crippen molar-refractivity contribution in [3.8, 4) is 5.75 Å². The summed E-state index contributed by atoms with van der Waals surface area (Å²) in [7, 11) is 1.75. The first kappa shape index (κ1) is 12.8. The Morgan fingerprint density at radius 3 is 2.83 bits per heavy atom. The van der Waals surface area contributed by atoms with E-state index in [0.29, 0.717) is 11.6 Å². The zero-order valence-electron chi connectivity index (χ0n) is 10.4. The number of carbonyl (C=O) groups is 1. The largest absolute Gasteiger partial charge is 0.481 e. The molecule has 18 heavy (non-hydrogen) atoms.